The van der Waals surface area contributed by atoms with Crippen molar-refractivity contribution in [1.82, 2.24) is 24.4 Å². The van der Waals surface area contributed by atoms with Crippen molar-refractivity contribution in [1.29, 1.82) is 0 Å². The molecule has 0 saturated carbocycles. The molecule has 194 valence electrons. The minimum absolute atomic E-state index is 0.106. The van der Waals surface area contributed by atoms with Gasteiger partial charge in [0.15, 0.2) is 17.4 Å². The molecule has 0 unspecified atom stereocenters. The Hall–Kier alpha value is -3.79. The second kappa shape index (κ2) is 10.3. The predicted molar refractivity (Wildman–Crippen MR) is 141 cm³/mol. The fraction of sp³-hybridized carbons (Fsp3) is 0.370. The number of rotatable bonds is 7. The van der Waals surface area contributed by atoms with Crippen LogP contribution in [0.15, 0.2) is 42.9 Å². The Labute approximate surface area is 214 Å². The summed E-state index contributed by atoms with van der Waals surface area (Å²) in [6.45, 7) is 13.1. The first kappa shape index (κ1) is 24.9. The molecule has 0 amide bonds. The quantitative estimate of drug-likeness (QED) is 0.346. The van der Waals surface area contributed by atoms with Crippen LogP contribution >= 0.6 is 0 Å². The van der Waals surface area contributed by atoms with Gasteiger partial charge in [0.25, 0.3) is 5.88 Å². The van der Waals surface area contributed by atoms with Gasteiger partial charge in [0.2, 0.25) is 5.82 Å². The molecule has 1 aliphatic heterocycles. The van der Waals surface area contributed by atoms with Gasteiger partial charge in [-0.3, -0.25) is 0 Å². The highest BCUT2D eigenvalue weighted by molar-refractivity contribution is 5.84. The number of hydrogen-bond donors (Lipinski definition) is 1. The van der Waals surface area contributed by atoms with E-state index in [0.717, 1.165) is 55.9 Å². The van der Waals surface area contributed by atoms with E-state index in [4.69, 9.17) is 4.74 Å². The summed E-state index contributed by atoms with van der Waals surface area (Å²) in [6.07, 6.45) is 2.93. The highest BCUT2D eigenvalue weighted by Gasteiger charge is 2.20. The van der Waals surface area contributed by atoms with E-state index in [-0.39, 0.29) is 23.5 Å². The smallest absolute Gasteiger partial charge is 0.261 e. The lowest BCUT2D eigenvalue weighted by Crippen LogP contribution is -2.46. The van der Waals surface area contributed by atoms with Crippen LogP contribution in [0.5, 0.6) is 11.6 Å². The SMILES string of the molecule is CCN1CCN(c2ccc(Nc3ncnc(Oc4ccc5c(cc(C)n5C(C)C)c4F)c3F)nc2)CC1. The number of nitrogens with zero attached hydrogens (tertiary/aromatic N) is 6. The maximum atomic E-state index is 15.3. The molecular weight excluding hydrogens is 476 g/mol. The largest absolute Gasteiger partial charge is 0.433 e. The molecule has 5 rings (SSSR count). The molecule has 1 aliphatic rings. The van der Waals surface area contributed by atoms with E-state index in [9.17, 15) is 0 Å². The lowest BCUT2D eigenvalue weighted by Gasteiger charge is -2.35. The third kappa shape index (κ3) is 4.93. The summed E-state index contributed by atoms with van der Waals surface area (Å²) < 4.78 is 38.1. The molecule has 1 saturated heterocycles. The van der Waals surface area contributed by atoms with E-state index in [0.29, 0.717) is 11.2 Å². The number of anilines is 3. The summed E-state index contributed by atoms with van der Waals surface area (Å²) in [5, 5.41) is 3.28. The zero-order valence-corrected chi connectivity index (χ0v) is 21.5. The summed E-state index contributed by atoms with van der Waals surface area (Å²) >= 11 is 0. The third-order valence-corrected chi connectivity index (χ3v) is 6.77. The molecule has 4 aromatic rings. The van der Waals surface area contributed by atoms with Gasteiger partial charge in [-0.1, -0.05) is 6.92 Å². The summed E-state index contributed by atoms with van der Waals surface area (Å²) in [6, 6.07) is 8.92. The Kier molecular flexibility index (Phi) is 6.92. The topological polar surface area (TPSA) is 71.3 Å². The summed E-state index contributed by atoms with van der Waals surface area (Å²) in [4.78, 5) is 17.0. The van der Waals surface area contributed by atoms with Crippen LogP contribution in [0.25, 0.3) is 10.9 Å². The van der Waals surface area contributed by atoms with E-state index >= 15 is 8.78 Å². The van der Waals surface area contributed by atoms with Crippen LogP contribution in [0, 0.1) is 18.6 Å². The number of halogens is 2. The monoisotopic (exact) mass is 507 g/mol. The van der Waals surface area contributed by atoms with Crippen molar-refractivity contribution >= 4 is 28.2 Å². The van der Waals surface area contributed by atoms with Gasteiger partial charge in [0.1, 0.15) is 12.1 Å². The number of piperazine rings is 1. The van der Waals surface area contributed by atoms with Crippen LogP contribution < -0.4 is 15.0 Å². The van der Waals surface area contributed by atoms with Crippen molar-refractivity contribution in [2.24, 2.45) is 0 Å². The lowest BCUT2D eigenvalue weighted by molar-refractivity contribution is 0.271. The molecule has 0 radical (unpaired) electrons. The Morgan fingerprint density at radius 1 is 1.00 bits per heavy atom. The number of nitrogens with one attached hydrogen (secondary N) is 1. The number of ether oxygens (including phenoxy) is 1. The first-order valence-electron chi connectivity index (χ1n) is 12.5. The average molecular weight is 508 g/mol. The van der Waals surface area contributed by atoms with Gasteiger partial charge < -0.3 is 24.4 Å². The Balaban J connectivity index is 1.33. The van der Waals surface area contributed by atoms with Crippen LogP contribution in [0.2, 0.25) is 0 Å². The molecule has 1 N–H and O–H groups in total. The molecule has 3 aromatic heterocycles. The predicted octanol–water partition coefficient (Wildman–Crippen LogP) is 5.67. The maximum absolute atomic E-state index is 15.3. The highest BCUT2D eigenvalue weighted by atomic mass is 19.1. The second-order valence-electron chi connectivity index (χ2n) is 9.45. The number of aromatic nitrogens is 4. The maximum Gasteiger partial charge on any atom is 0.261 e. The molecule has 0 spiro atoms. The molecule has 37 heavy (non-hydrogen) atoms. The van der Waals surface area contributed by atoms with Gasteiger partial charge in [-0.2, -0.15) is 9.37 Å². The molecule has 1 fully saturated rings. The van der Waals surface area contributed by atoms with Crippen molar-refractivity contribution < 1.29 is 13.5 Å². The van der Waals surface area contributed by atoms with Gasteiger partial charge in [-0.15, -0.1) is 0 Å². The molecule has 10 heteroatoms. The van der Waals surface area contributed by atoms with Gasteiger partial charge >= 0.3 is 0 Å². The first-order valence-corrected chi connectivity index (χ1v) is 12.5. The van der Waals surface area contributed by atoms with E-state index < -0.39 is 11.6 Å². The van der Waals surface area contributed by atoms with Gasteiger partial charge in [-0.25, -0.2) is 14.4 Å². The number of benzene rings is 1. The number of aryl methyl sites for hydroxylation is 1. The molecular formula is C27H31F2N7O. The molecule has 4 heterocycles. The van der Waals surface area contributed by atoms with Crippen LogP contribution in [-0.4, -0.2) is 57.1 Å². The normalized spacial score (nSPS) is 14.5. The standard InChI is InChI=1S/C27H31F2N7O/c1-5-34-10-12-35(13-11-34)19-6-9-23(30-15-19)33-26-25(29)27(32-16-31-26)37-22-8-7-21-20(24(22)28)14-18(4)36(21)17(2)3/h6-9,14-17H,5,10-13H2,1-4H3,(H,30,31,32,33). The molecule has 0 aliphatic carbocycles. The molecule has 0 bridgehead atoms. The summed E-state index contributed by atoms with van der Waals surface area (Å²) in [5.41, 5.74) is 2.70. The molecule has 0 atom stereocenters. The van der Waals surface area contributed by atoms with E-state index in [1.54, 1.807) is 24.4 Å². The van der Waals surface area contributed by atoms with Crippen LogP contribution in [0.4, 0.5) is 26.1 Å². The fourth-order valence-corrected chi connectivity index (χ4v) is 4.85. The van der Waals surface area contributed by atoms with Crippen LogP contribution in [0.1, 0.15) is 32.5 Å². The third-order valence-electron chi connectivity index (χ3n) is 6.77. The number of hydrogen-bond acceptors (Lipinski definition) is 7. The Morgan fingerprint density at radius 2 is 1.78 bits per heavy atom. The van der Waals surface area contributed by atoms with Crippen molar-refractivity contribution in [2.45, 2.75) is 33.7 Å². The van der Waals surface area contributed by atoms with Crippen LogP contribution in [0.3, 0.4) is 0 Å². The highest BCUT2D eigenvalue weighted by Crippen LogP contribution is 2.34. The number of fused-ring (bicyclic) bond motifs is 1. The molecule has 8 nitrogen and oxygen atoms in total. The van der Waals surface area contributed by atoms with Crippen molar-refractivity contribution in [3.05, 3.63) is 60.2 Å². The minimum atomic E-state index is -0.834. The zero-order valence-electron chi connectivity index (χ0n) is 21.5. The lowest BCUT2D eigenvalue weighted by atomic mass is 10.2. The summed E-state index contributed by atoms with van der Waals surface area (Å²) in [7, 11) is 0. The van der Waals surface area contributed by atoms with Crippen molar-refractivity contribution in [3.63, 3.8) is 0 Å². The average Bonchev–Trinajstić information content (AvgIpc) is 3.25. The van der Waals surface area contributed by atoms with E-state index in [1.807, 2.05) is 31.4 Å². The number of pyridine rings is 1. The fourth-order valence-electron chi connectivity index (χ4n) is 4.85. The van der Waals surface area contributed by atoms with Gasteiger partial charge in [0, 0.05) is 43.3 Å². The summed E-state index contributed by atoms with van der Waals surface area (Å²) in [5.74, 6) is -1.56. The second-order valence-corrected chi connectivity index (χ2v) is 9.45. The van der Waals surface area contributed by atoms with Crippen LogP contribution in [-0.2, 0) is 0 Å². The minimum Gasteiger partial charge on any atom is -0.433 e. The zero-order chi connectivity index (χ0) is 26.1. The Bertz CT molecular complexity index is 1400. The Morgan fingerprint density at radius 3 is 2.46 bits per heavy atom. The van der Waals surface area contributed by atoms with Gasteiger partial charge in [-0.05, 0) is 57.6 Å². The van der Waals surface area contributed by atoms with E-state index in [2.05, 4.69) is 37.0 Å². The number of likely N-dealkylation sites (N-methyl/N-ethyl adjacent to an activating group) is 1. The first-order chi connectivity index (χ1) is 17.9. The van der Waals surface area contributed by atoms with E-state index in [1.165, 1.54) is 6.07 Å². The van der Waals surface area contributed by atoms with Gasteiger partial charge in [0.05, 0.1) is 17.4 Å². The molecule has 1 aromatic carbocycles. The van der Waals surface area contributed by atoms with Crippen molar-refractivity contribution in [3.8, 4) is 11.6 Å². The van der Waals surface area contributed by atoms with Crippen molar-refractivity contribution in [2.75, 3.05) is 42.9 Å².